The average Bonchev–Trinajstić information content (AvgIpc) is 2.70. The topological polar surface area (TPSA) is 90.4 Å². The van der Waals surface area contributed by atoms with E-state index in [4.69, 9.17) is 14.2 Å². The first-order chi connectivity index (χ1) is 13.2. The van der Waals surface area contributed by atoms with E-state index in [1.807, 2.05) is 49.4 Å². The second-order valence-corrected chi connectivity index (χ2v) is 5.44. The van der Waals surface area contributed by atoms with Crippen LogP contribution in [0.2, 0.25) is 0 Å². The maximum atomic E-state index is 5.43. The van der Waals surface area contributed by atoms with Crippen LogP contribution in [-0.4, -0.2) is 36.0 Å². The van der Waals surface area contributed by atoms with E-state index in [0.29, 0.717) is 35.6 Å². The molecule has 0 radical (unpaired) electrons. The third kappa shape index (κ3) is 4.75. The SMILES string of the molecule is CCOc1ccc(Nc2nncc(Nc3cc(OC)ccc3OC)n2)cc1. The molecule has 0 amide bonds. The van der Waals surface area contributed by atoms with Gasteiger partial charge in [0, 0.05) is 11.8 Å². The Bertz CT molecular complexity index is 887. The summed E-state index contributed by atoms with van der Waals surface area (Å²) in [4.78, 5) is 4.43. The van der Waals surface area contributed by atoms with Crippen LogP contribution >= 0.6 is 0 Å². The molecule has 0 aliphatic heterocycles. The highest BCUT2D eigenvalue weighted by atomic mass is 16.5. The van der Waals surface area contributed by atoms with Gasteiger partial charge in [-0.1, -0.05) is 0 Å². The molecule has 0 spiro atoms. The van der Waals surface area contributed by atoms with Gasteiger partial charge in [-0.2, -0.15) is 10.1 Å². The number of benzene rings is 2. The van der Waals surface area contributed by atoms with Crippen molar-refractivity contribution < 1.29 is 14.2 Å². The van der Waals surface area contributed by atoms with Crippen molar-refractivity contribution in [3.05, 3.63) is 48.7 Å². The molecular formula is C19H21N5O3. The number of anilines is 4. The van der Waals surface area contributed by atoms with Crippen LogP contribution in [0.4, 0.5) is 23.1 Å². The predicted molar refractivity (Wildman–Crippen MR) is 104 cm³/mol. The molecule has 8 heteroatoms. The molecule has 1 heterocycles. The van der Waals surface area contributed by atoms with Gasteiger partial charge in [-0.05, 0) is 43.3 Å². The largest absolute Gasteiger partial charge is 0.497 e. The predicted octanol–water partition coefficient (Wildman–Crippen LogP) is 3.77. The lowest BCUT2D eigenvalue weighted by atomic mass is 10.2. The molecule has 0 saturated carbocycles. The van der Waals surface area contributed by atoms with Crippen LogP contribution < -0.4 is 24.8 Å². The van der Waals surface area contributed by atoms with Gasteiger partial charge in [-0.25, -0.2) is 0 Å². The van der Waals surface area contributed by atoms with Gasteiger partial charge in [0.05, 0.1) is 32.7 Å². The summed E-state index contributed by atoms with van der Waals surface area (Å²) in [5.41, 5.74) is 1.54. The molecule has 140 valence electrons. The Balaban J connectivity index is 1.76. The van der Waals surface area contributed by atoms with E-state index in [1.165, 1.54) is 6.20 Å². The van der Waals surface area contributed by atoms with Crippen LogP contribution in [0.15, 0.2) is 48.7 Å². The summed E-state index contributed by atoms with van der Waals surface area (Å²) in [6.45, 7) is 2.57. The number of aromatic nitrogens is 3. The summed E-state index contributed by atoms with van der Waals surface area (Å²) >= 11 is 0. The van der Waals surface area contributed by atoms with Crippen molar-refractivity contribution in [2.45, 2.75) is 6.92 Å². The summed E-state index contributed by atoms with van der Waals surface area (Å²) in [7, 11) is 3.21. The van der Waals surface area contributed by atoms with Crippen molar-refractivity contribution in [3.8, 4) is 17.2 Å². The Morgan fingerprint density at radius 1 is 0.926 bits per heavy atom. The molecule has 0 aliphatic carbocycles. The zero-order valence-electron chi connectivity index (χ0n) is 15.4. The number of ether oxygens (including phenoxy) is 3. The van der Waals surface area contributed by atoms with Crippen LogP contribution in [-0.2, 0) is 0 Å². The summed E-state index contributed by atoms with van der Waals surface area (Å²) in [6, 6.07) is 13.0. The third-order valence-corrected chi connectivity index (χ3v) is 3.65. The van der Waals surface area contributed by atoms with E-state index in [-0.39, 0.29) is 0 Å². The van der Waals surface area contributed by atoms with Gasteiger partial charge in [-0.15, -0.1) is 5.10 Å². The first-order valence-corrected chi connectivity index (χ1v) is 8.40. The number of hydrogen-bond acceptors (Lipinski definition) is 8. The van der Waals surface area contributed by atoms with Crippen LogP contribution in [0.1, 0.15) is 6.92 Å². The molecule has 0 bridgehead atoms. The smallest absolute Gasteiger partial charge is 0.249 e. The molecule has 2 N–H and O–H groups in total. The molecule has 27 heavy (non-hydrogen) atoms. The summed E-state index contributed by atoms with van der Waals surface area (Å²) < 4.78 is 16.1. The Hall–Kier alpha value is -3.55. The molecule has 3 rings (SSSR count). The fraction of sp³-hybridized carbons (Fsp3) is 0.211. The summed E-state index contributed by atoms with van der Waals surface area (Å²) in [5.74, 6) is 3.06. The third-order valence-electron chi connectivity index (χ3n) is 3.65. The summed E-state index contributed by atoms with van der Waals surface area (Å²) in [6.07, 6.45) is 1.53. The lowest BCUT2D eigenvalue weighted by molar-refractivity contribution is 0.340. The Morgan fingerprint density at radius 3 is 2.41 bits per heavy atom. The molecule has 1 aromatic heterocycles. The Morgan fingerprint density at radius 2 is 1.70 bits per heavy atom. The van der Waals surface area contributed by atoms with E-state index in [0.717, 1.165) is 11.4 Å². The van der Waals surface area contributed by atoms with E-state index in [9.17, 15) is 0 Å². The highest BCUT2D eigenvalue weighted by Gasteiger charge is 2.08. The second kappa shape index (κ2) is 8.70. The highest BCUT2D eigenvalue weighted by Crippen LogP contribution is 2.31. The van der Waals surface area contributed by atoms with Crippen molar-refractivity contribution in [2.75, 3.05) is 31.5 Å². The van der Waals surface area contributed by atoms with Gasteiger partial charge in [0.25, 0.3) is 0 Å². The molecular weight excluding hydrogens is 346 g/mol. The van der Waals surface area contributed by atoms with E-state index >= 15 is 0 Å². The minimum Gasteiger partial charge on any atom is -0.497 e. The van der Waals surface area contributed by atoms with E-state index in [1.54, 1.807) is 14.2 Å². The first-order valence-electron chi connectivity index (χ1n) is 8.40. The van der Waals surface area contributed by atoms with E-state index < -0.39 is 0 Å². The summed E-state index contributed by atoms with van der Waals surface area (Å²) in [5, 5.41) is 14.3. The molecule has 0 saturated heterocycles. The zero-order valence-corrected chi connectivity index (χ0v) is 15.4. The number of rotatable bonds is 8. The van der Waals surface area contributed by atoms with Crippen molar-refractivity contribution in [3.63, 3.8) is 0 Å². The standard InChI is InChI=1S/C19H21N5O3/c1-4-27-14-7-5-13(6-8-14)21-19-23-18(12-20-24-19)22-16-11-15(25-2)9-10-17(16)26-3/h5-12H,4H2,1-3H3,(H2,21,22,23,24). The molecule has 0 aliphatic rings. The van der Waals surface area contributed by atoms with Crippen LogP contribution in [0, 0.1) is 0 Å². The van der Waals surface area contributed by atoms with Crippen molar-refractivity contribution in [2.24, 2.45) is 0 Å². The molecule has 2 aromatic carbocycles. The fourth-order valence-corrected chi connectivity index (χ4v) is 2.40. The van der Waals surface area contributed by atoms with Gasteiger partial charge >= 0.3 is 0 Å². The lowest BCUT2D eigenvalue weighted by Gasteiger charge is -2.12. The zero-order chi connectivity index (χ0) is 19.1. The monoisotopic (exact) mass is 367 g/mol. The van der Waals surface area contributed by atoms with Gasteiger partial charge in [0.15, 0.2) is 5.82 Å². The van der Waals surface area contributed by atoms with Crippen molar-refractivity contribution in [1.82, 2.24) is 15.2 Å². The van der Waals surface area contributed by atoms with Crippen molar-refractivity contribution in [1.29, 1.82) is 0 Å². The quantitative estimate of drug-likeness (QED) is 0.622. The fourth-order valence-electron chi connectivity index (χ4n) is 2.40. The van der Waals surface area contributed by atoms with Crippen LogP contribution in [0.3, 0.4) is 0 Å². The van der Waals surface area contributed by atoms with E-state index in [2.05, 4.69) is 25.8 Å². The number of methoxy groups -OCH3 is 2. The number of nitrogens with one attached hydrogen (secondary N) is 2. The Kier molecular flexibility index (Phi) is 5.88. The van der Waals surface area contributed by atoms with Crippen LogP contribution in [0.5, 0.6) is 17.2 Å². The minimum absolute atomic E-state index is 0.367. The van der Waals surface area contributed by atoms with Gasteiger partial charge in [0.2, 0.25) is 5.95 Å². The molecule has 0 atom stereocenters. The second-order valence-electron chi connectivity index (χ2n) is 5.44. The molecule has 0 unspecified atom stereocenters. The Labute approximate surface area is 157 Å². The van der Waals surface area contributed by atoms with Gasteiger partial charge < -0.3 is 24.8 Å². The lowest BCUT2D eigenvalue weighted by Crippen LogP contribution is -2.03. The number of hydrogen-bond donors (Lipinski definition) is 2. The minimum atomic E-state index is 0.367. The highest BCUT2D eigenvalue weighted by molar-refractivity contribution is 5.66. The van der Waals surface area contributed by atoms with Gasteiger partial charge in [-0.3, -0.25) is 0 Å². The molecule has 0 fully saturated rings. The first kappa shape index (κ1) is 18.2. The van der Waals surface area contributed by atoms with Gasteiger partial charge in [0.1, 0.15) is 17.2 Å². The normalized spacial score (nSPS) is 10.2. The maximum Gasteiger partial charge on any atom is 0.249 e. The molecule has 3 aromatic rings. The van der Waals surface area contributed by atoms with Crippen LogP contribution in [0.25, 0.3) is 0 Å². The van der Waals surface area contributed by atoms with Crippen molar-refractivity contribution >= 4 is 23.1 Å². The maximum absolute atomic E-state index is 5.43. The molecule has 8 nitrogen and oxygen atoms in total. The number of nitrogens with zero attached hydrogens (tertiary/aromatic N) is 3. The average molecular weight is 367 g/mol.